The van der Waals surface area contributed by atoms with Gasteiger partial charge in [-0.3, -0.25) is 19.6 Å². The molecule has 31 heavy (non-hydrogen) atoms. The van der Waals surface area contributed by atoms with Crippen LogP contribution >= 0.6 is 0 Å². The molecule has 2 saturated heterocycles. The lowest BCUT2D eigenvalue weighted by atomic mass is 10.1. The predicted molar refractivity (Wildman–Crippen MR) is 124 cm³/mol. The number of benzene rings is 2. The summed E-state index contributed by atoms with van der Waals surface area (Å²) in [6.45, 7) is 5.77. The van der Waals surface area contributed by atoms with Crippen LogP contribution in [0.5, 0.6) is 0 Å². The summed E-state index contributed by atoms with van der Waals surface area (Å²) in [5.41, 5.74) is 3.83. The molecule has 5 rings (SSSR count). The maximum atomic E-state index is 13.6. The Morgan fingerprint density at radius 2 is 1.58 bits per heavy atom. The zero-order chi connectivity index (χ0) is 21.0. The zero-order valence-electron chi connectivity index (χ0n) is 17.9. The number of carbonyl (C=O) groups is 1. The first-order chi connectivity index (χ1) is 15.3. The fraction of sp³-hybridized carbons (Fsp3) is 0.400. The molecule has 162 valence electrons. The number of fused-ring (bicyclic) bond motifs is 1. The second-order valence-corrected chi connectivity index (χ2v) is 8.36. The number of hydrogen-bond acceptors (Lipinski definition) is 5. The number of para-hydroxylation sites is 2. The molecule has 3 aliphatic rings. The molecule has 0 radical (unpaired) electrons. The Hall–Kier alpha value is -2.67. The van der Waals surface area contributed by atoms with E-state index in [0.29, 0.717) is 19.9 Å². The number of amides is 1. The van der Waals surface area contributed by atoms with E-state index in [1.54, 1.807) is 0 Å². The van der Waals surface area contributed by atoms with Crippen LogP contribution in [-0.2, 0) is 9.53 Å². The van der Waals surface area contributed by atoms with Crippen LogP contribution in [0.4, 0.5) is 11.4 Å². The number of hydrazine groups is 1. The summed E-state index contributed by atoms with van der Waals surface area (Å²) in [5.74, 6) is 0.0842. The summed E-state index contributed by atoms with van der Waals surface area (Å²) in [5, 5.41) is 4.39. The molecule has 6 nitrogen and oxygen atoms in total. The molecule has 0 atom stereocenters. The van der Waals surface area contributed by atoms with E-state index in [1.807, 2.05) is 41.4 Å². The number of hydrogen-bond donors (Lipinski definition) is 0. The van der Waals surface area contributed by atoms with Gasteiger partial charge in [0.15, 0.2) is 0 Å². The third-order valence-corrected chi connectivity index (χ3v) is 6.31. The molecule has 2 aromatic rings. The van der Waals surface area contributed by atoms with E-state index in [4.69, 9.17) is 4.74 Å². The predicted octanol–water partition coefficient (Wildman–Crippen LogP) is 3.57. The van der Waals surface area contributed by atoms with Crippen LogP contribution in [0.3, 0.4) is 0 Å². The average Bonchev–Trinajstić information content (AvgIpc) is 3.10. The first kappa shape index (κ1) is 20.2. The van der Waals surface area contributed by atoms with Gasteiger partial charge in [-0.2, -0.15) is 0 Å². The van der Waals surface area contributed by atoms with Gasteiger partial charge in [0.1, 0.15) is 0 Å². The van der Waals surface area contributed by atoms with Crippen LogP contribution in [0.25, 0.3) is 5.57 Å². The molecule has 2 aromatic carbocycles. The zero-order valence-corrected chi connectivity index (χ0v) is 17.9. The number of rotatable bonds is 5. The van der Waals surface area contributed by atoms with Gasteiger partial charge < -0.3 is 4.74 Å². The number of carbonyl (C=O) groups excluding carboxylic acids is 1. The van der Waals surface area contributed by atoms with Gasteiger partial charge in [-0.1, -0.05) is 42.8 Å². The lowest BCUT2D eigenvalue weighted by molar-refractivity contribution is -0.113. The van der Waals surface area contributed by atoms with Crippen molar-refractivity contribution in [1.82, 2.24) is 9.91 Å². The Balaban J connectivity index is 1.50. The second-order valence-electron chi connectivity index (χ2n) is 8.36. The number of morpholine rings is 1. The average molecular weight is 419 g/mol. The van der Waals surface area contributed by atoms with Crippen LogP contribution < -0.4 is 9.91 Å². The Morgan fingerprint density at radius 1 is 0.871 bits per heavy atom. The molecule has 0 bridgehead atoms. The van der Waals surface area contributed by atoms with Gasteiger partial charge in [0.05, 0.1) is 36.8 Å². The third-order valence-electron chi connectivity index (χ3n) is 6.31. The molecule has 3 heterocycles. The van der Waals surface area contributed by atoms with E-state index in [2.05, 4.69) is 39.2 Å². The first-order valence-electron chi connectivity index (χ1n) is 11.3. The highest BCUT2D eigenvalue weighted by molar-refractivity contribution is 6.32. The summed E-state index contributed by atoms with van der Waals surface area (Å²) in [6, 6.07) is 18.4. The monoisotopic (exact) mass is 418 g/mol. The van der Waals surface area contributed by atoms with Crippen LogP contribution in [0.2, 0.25) is 0 Å². The highest BCUT2D eigenvalue weighted by Crippen LogP contribution is 2.37. The van der Waals surface area contributed by atoms with Crippen molar-refractivity contribution in [2.45, 2.75) is 19.3 Å². The standard InChI is InChI=1S/C25H30N4O2/c30-25-23(19-29(21-9-3-1-4-10-21)27-15-17-31-18-16-27)22-11-5-6-12-24(22)28(25)20-26-13-7-2-8-14-26/h1,3-6,9-12,19H,2,7-8,13-18,20H2. The summed E-state index contributed by atoms with van der Waals surface area (Å²) >= 11 is 0. The van der Waals surface area contributed by atoms with E-state index >= 15 is 0 Å². The topological polar surface area (TPSA) is 39.3 Å². The third kappa shape index (κ3) is 4.24. The van der Waals surface area contributed by atoms with Crippen LogP contribution in [0.1, 0.15) is 24.8 Å². The van der Waals surface area contributed by atoms with Crippen molar-refractivity contribution >= 4 is 22.9 Å². The molecule has 0 unspecified atom stereocenters. The molecule has 2 fully saturated rings. The Bertz CT molecular complexity index is 934. The largest absolute Gasteiger partial charge is 0.379 e. The Labute approximate surface area is 184 Å². The number of ether oxygens (including phenoxy) is 1. The first-order valence-corrected chi connectivity index (χ1v) is 11.3. The highest BCUT2D eigenvalue weighted by atomic mass is 16.5. The highest BCUT2D eigenvalue weighted by Gasteiger charge is 2.34. The van der Waals surface area contributed by atoms with Crippen molar-refractivity contribution in [2.75, 3.05) is 56.0 Å². The summed E-state index contributed by atoms with van der Waals surface area (Å²) in [7, 11) is 0. The minimum absolute atomic E-state index is 0.0842. The maximum absolute atomic E-state index is 13.6. The van der Waals surface area contributed by atoms with Gasteiger partial charge in [0.2, 0.25) is 0 Å². The molecule has 0 saturated carbocycles. The maximum Gasteiger partial charge on any atom is 0.261 e. The minimum atomic E-state index is 0.0842. The van der Waals surface area contributed by atoms with Gasteiger partial charge in [0.25, 0.3) is 5.91 Å². The SMILES string of the molecule is O=C1C(=CN(c2ccccc2)N2CCOCC2)c2ccccc2N1CN1CCCCC1. The van der Waals surface area contributed by atoms with Crippen molar-refractivity contribution in [3.8, 4) is 0 Å². The summed E-state index contributed by atoms with van der Waals surface area (Å²) in [6.07, 6.45) is 5.74. The quantitative estimate of drug-likeness (QED) is 0.694. The van der Waals surface area contributed by atoms with Crippen LogP contribution in [-0.4, -0.2) is 61.9 Å². The minimum Gasteiger partial charge on any atom is -0.379 e. The van der Waals surface area contributed by atoms with Crippen LogP contribution in [0, 0.1) is 0 Å². The van der Waals surface area contributed by atoms with E-state index < -0.39 is 0 Å². The van der Waals surface area contributed by atoms with Crippen molar-refractivity contribution in [2.24, 2.45) is 0 Å². The molecule has 1 amide bonds. The van der Waals surface area contributed by atoms with E-state index in [1.165, 1.54) is 19.3 Å². The van der Waals surface area contributed by atoms with Crippen LogP contribution in [0.15, 0.2) is 60.8 Å². The normalized spacial score (nSPS) is 21.5. The van der Waals surface area contributed by atoms with Gasteiger partial charge >= 0.3 is 0 Å². The van der Waals surface area contributed by atoms with E-state index in [0.717, 1.165) is 48.7 Å². The fourth-order valence-electron chi connectivity index (χ4n) is 4.66. The number of likely N-dealkylation sites (tertiary alicyclic amines) is 1. The smallest absolute Gasteiger partial charge is 0.261 e. The lowest BCUT2D eigenvalue weighted by Gasteiger charge is -2.37. The molecular weight excluding hydrogens is 388 g/mol. The van der Waals surface area contributed by atoms with Gasteiger partial charge in [0, 0.05) is 24.9 Å². The second kappa shape index (κ2) is 9.22. The van der Waals surface area contributed by atoms with E-state index in [-0.39, 0.29) is 5.91 Å². The van der Waals surface area contributed by atoms with Crippen molar-refractivity contribution < 1.29 is 9.53 Å². The van der Waals surface area contributed by atoms with E-state index in [9.17, 15) is 4.79 Å². The molecular formula is C25H30N4O2. The van der Waals surface area contributed by atoms with Crippen molar-refractivity contribution in [3.63, 3.8) is 0 Å². The fourth-order valence-corrected chi connectivity index (χ4v) is 4.66. The van der Waals surface area contributed by atoms with Gasteiger partial charge in [-0.05, 0) is 44.1 Å². The van der Waals surface area contributed by atoms with Gasteiger partial charge in [-0.15, -0.1) is 0 Å². The molecule has 0 spiro atoms. The number of piperidine rings is 1. The number of anilines is 2. The molecule has 0 aliphatic carbocycles. The van der Waals surface area contributed by atoms with Gasteiger partial charge in [-0.25, -0.2) is 5.01 Å². The molecule has 3 aliphatic heterocycles. The van der Waals surface area contributed by atoms with Crippen molar-refractivity contribution in [1.29, 1.82) is 0 Å². The molecule has 6 heteroatoms. The molecule has 0 N–H and O–H groups in total. The Morgan fingerprint density at radius 3 is 2.35 bits per heavy atom. The number of nitrogens with zero attached hydrogens (tertiary/aromatic N) is 4. The Kier molecular flexibility index (Phi) is 6.02. The molecule has 0 aromatic heterocycles. The van der Waals surface area contributed by atoms with Crippen molar-refractivity contribution in [3.05, 3.63) is 66.4 Å². The summed E-state index contributed by atoms with van der Waals surface area (Å²) < 4.78 is 5.57. The lowest BCUT2D eigenvalue weighted by Crippen LogP contribution is -2.47. The summed E-state index contributed by atoms with van der Waals surface area (Å²) in [4.78, 5) is 18.0.